The van der Waals surface area contributed by atoms with E-state index in [9.17, 15) is 19.7 Å². The molecule has 0 aromatic heterocycles. The van der Waals surface area contributed by atoms with Gasteiger partial charge in [-0.05, 0) is 37.7 Å². The average Bonchev–Trinajstić information content (AvgIpc) is 2.70. The standard InChI is InChI=1S/C20H28N4O4/c25-19-7-3-4-12-23(19)15-16-9-13-22(14-10-16)20(26)8-11-21-17-5-1-2-6-18(17)24(27)28/h1-2,5-6,16,21H,3-4,7-15H2. The lowest BCUT2D eigenvalue weighted by Gasteiger charge is -2.36. The summed E-state index contributed by atoms with van der Waals surface area (Å²) in [5.41, 5.74) is 0.452. The highest BCUT2D eigenvalue weighted by Crippen LogP contribution is 2.24. The number of nitrogens with zero attached hydrogens (tertiary/aromatic N) is 3. The number of para-hydroxylation sites is 2. The Hall–Kier alpha value is -2.64. The molecule has 0 radical (unpaired) electrons. The van der Waals surface area contributed by atoms with E-state index < -0.39 is 4.92 Å². The van der Waals surface area contributed by atoms with Crippen LogP contribution in [-0.4, -0.2) is 59.3 Å². The highest BCUT2D eigenvalue weighted by molar-refractivity contribution is 5.77. The number of amides is 2. The summed E-state index contributed by atoms with van der Waals surface area (Å²) in [6.45, 7) is 3.50. The highest BCUT2D eigenvalue weighted by atomic mass is 16.6. The topological polar surface area (TPSA) is 95.8 Å². The summed E-state index contributed by atoms with van der Waals surface area (Å²) in [6.07, 6.45) is 4.92. The fourth-order valence-electron chi connectivity index (χ4n) is 3.98. The normalized spacial score (nSPS) is 18.2. The van der Waals surface area contributed by atoms with E-state index in [1.807, 2.05) is 9.80 Å². The summed E-state index contributed by atoms with van der Waals surface area (Å²) in [5, 5.41) is 14.0. The molecule has 1 N–H and O–H groups in total. The zero-order valence-electron chi connectivity index (χ0n) is 16.1. The third-order valence-corrected chi connectivity index (χ3v) is 5.62. The van der Waals surface area contributed by atoms with Crippen LogP contribution >= 0.6 is 0 Å². The molecule has 1 aromatic rings. The molecule has 1 aromatic carbocycles. The molecule has 2 saturated heterocycles. The Kier molecular flexibility index (Phi) is 6.84. The first kappa shape index (κ1) is 20.1. The van der Waals surface area contributed by atoms with Crippen LogP contribution in [0, 0.1) is 16.0 Å². The van der Waals surface area contributed by atoms with Crippen molar-refractivity contribution in [1.82, 2.24) is 9.80 Å². The maximum atomic E-state index is 12.4. The minimum absolute atomic E-state index is 0.0167. The molecule has 0 saturated carbocycles. The van der Waals surface area contributed by atoms with Crippen LogP contribution in [0.5, 0.6) is 0 Å². The van der Waals surface area contributed by atoms with Crippen molar-refractivity contribution in [2.75, 3.05) is 38.0 Å². The molecule has 2 amide bonds. The van der Waals surface area contributed by atoms with Crippen LogP contribution in [0.2, 0.25) is 0 Å². The van der Waals surface area contributed by atoms with Crippen molar-refractivity contribution in [3.8, 4) is 0 Å². The summed E-state index contributed by atoms with van der Waals surface area (Å²) in [7, 11) is 0. The van der Waals surface area contributed by atoms with Crippen molar-refractivity contribution < 1.29 is 14.5 Å². The first-order valence-corrected chi connectivity index (χ1v) is 10.1. The fraction of sp³-hybridized carbons (Fsp3) is 0.600. The van der Waals surface area contributed by atoms with Crippen molar-refractivity contribution in [2.24, 2.45) is 5.92 Å². The summed E-state index contributed by atoms with van der Waals surface area (Å²) < 4.78 is 0. The van der Waals surface area contributed by atoms with Gasteiger partial charge in [0, 0.05) is 51.6 Å². The maximum absolute atomic E-state index is 12.4. The number of hydrogen-bond donors (Lipinski definition) is 1. The minimum atomic E-state index is -0.429. The summed E-state index contributed by atoms with van der Waals surface area (Å²) in [6, 6.07) is 6.45. The van der Waals surface area contributed by atoms with E-state index in [1.54, 1.807) is 18.2 Å². The molecule has 2 aliphatic rings. The number of rotatable bonds is 7. The van der Waals surface area contributed by atoms with Gasteiger partial charge in [0.05, 0.1) is 4.92 Å². The van der Waals surface area contributed by atoms with Crippen molar-refractivity contribution in [1.29, 1.82) is 0 Å². The molecule has 8 heteroatoms. The van der Waals surface area contributed by atoms with Crippen LogP contribution in [0.4, 0.5) is 11.4 Å². The number of nitro groups is 1. The number of benzene rings is 1. The first-order chi connectivity index (χ1) is 13.5. The molecule has 0 bridgehead atoms. The number of carbonyl (C=O) groups excluding carboxylic acids is 2. The molecule has 2 fully saturated rings. The molecule has 0 unspecified atom stereocenters. The van der Waals surface area contributed by atoms with E-state index in [0.717, 1.165) is 51.9 Å². The molecule has 0 spiro atoms. The number of nitrogens with one attached hydrogen (secondary N) is 1. The van der Waals surface area contributed by atoms with E-state index in [-0.39, 0.29) is 17.5 Å². The van der Waals surface area contributed by atoms with Crippen molar-refractivity contribution >= 4 is 23.2 Å². The van der Waals surface area contributed by atoms with Crippen LogP contribution in [0.25, 0.3) is 0 Å². The molecule has 152 valence electrons. The van der Waals surface area contributed by atoms with Gasteiger partial charge in [0.15, 0.2) is 0 Å². The Balaban J connectivity index is 1.39. The van der Waals surface area contributed by atoms with Gasteiger partial charge < -0.3 is 15.1 Å². The predicted molar refractivity (Wildman–Crippen MR) is 106 cm³/mol. The van der Waals surface area contributed by atoms with Gasteiger partial charge in [0.2, 0.25) is 11.8 Å². The van der Waals surface area contributed by atoms with Crippen molar-refractivity contribution in [3.05, 3.63) is 34.4 Å². The molecule has 0 aliphatic carbocycles. The Bertz CT molecular complexity index is 716. The Morgan fingerprint density at radius 3 is 2.64 bits per heavy atom. The molecule has 2 heterocycles. The lowest BCUT2D eigenvalue weighted by atomic mass is 9.95. The minimum Gasteiger partial charge on any atom is -0.379 e. The second-order valence-electron chi connectivity index (χ2n) is 7.57. The van der Waals surface area contributed by atoms with Gasteiger partial charge in [-0.2, -0.15) is 0 Å². The van der Waals surface area contributed by atoms with Gasteiger partial charge in [-0.25, -0.2) is 0 Å². The SMILES string of the molecule is O=C(CCNc1ccccc1[N+](=O)[O-])N1CCC(CN2CCCCC2=O)CC1. The lowest BCUT2D eigenvalue weighted by Crippen LogP contribution is -2.44. The van der Waals surface area contributed by atoms with Gasteiger partial charge in [-0.15, -0.1) is 0 Å². The molecular formula is C20H28N4O4. The van der Waals surface area contributed by atoms with Gasteiger partial charge in [-0.1, -0.05) is 12.1 Å². The smallest absolute Gasteiger partial charge is 0.292 e. The monoisotopic (exact) mass is 388 g/mol. The highest BCUT2D eigenvalue weighted by Gasteiger charge is 2.26. The third kappa shape index (κ3) is 5.21. The van der Waals surface area contributed by atoms with Crippen molar-refractivity contribution in [2.45, 2.75) is 38.5 Å². The van der Waals surface area contributed by atoms with Crippen LogP contribution < -0.4 is 5.32 Å². The van der Waals surface area contributed by atoms with Crippen LogP contribution in [0.1, 0.15) is 38.5 Å². The van der Waals surface area contributed by atoms with Crippen LogP contribution in [-0.2, 0) is 9.59 Å². The predicted octanol–water partition coefficient (Wildman–Crippen LogP) is 2.65. The van der Waals surface area contributed by atoms with Gasteiger partial charge in [0.25, 0.3) is 5.69 Å². The number of carbonyl (C=O) groups is 2. The second-order valence-corrected chi connectivity index (χ2v) is 7.57. The molecule has 28 heavy (non-hydrogen) atoms. The lowest BCUT2D eigenvalue weighted by molar-refractivity contribution is -0.384. The summed E-state index contributed by atoms with van der Waals surface area (Å²) in [4.78, 5) is 38.9. The van der Waals surface area contributed by atoms with E-state index >= 15 is 0 Å². The molecule has 3 rings (SSSR count). The number of hydrogen-bond acceptors (Lipinski definition) is 5. The molecular weight excluding hydrogens is 360 g/mol. The summed E-state index contributed by atoms with van der Waals surface area (Å²) >= 11 is 0. The van der Waals surface area contributed by atoms with Gasteiger partial charge >= 0.3 is 0 Å². The number of nitro benzene ring substituents is 1. The van der Waals surface area contributed by atoms with Gasteiger partial charge in [0.1, 0.15) is 5.69 Å². The van der Waals surface area contributed by atoms with E-state index in [2.05, 4.69) is 5.32 Å². The zero-order valence-corrected chi connectivity index (χ0v) is 16.1. The Morgan fingerprint density at radius 2 is 1.93 bits per heavy atom. The van der Waals surface area contributed by atoms with Crippen LogP contribution in [0.3, 0.4) is 0 Å². The Labute approximate surface area is 165 Å². The van der Waals surface area contributed by atoms with Crippen LogP contribution in [0.15, 0.2) is 24.3 Å². The molecule has 0 atom stereocenters. The summed E-state index contributed by atoms with van der Waals surface area (Å²) in [5.74, 6) is 0.806. The largest absolute Gasteiger partial charge is 0.379 e. The number of anilines is 1. The molecule has 8 nitrogen and oxygen atoms in total. The maximum Gasteiger partial charge on any atom is 0.292 e. The van der Waals surface area contributed by atoms with Gasteiger partial charge in [-0.3, -0.25) is 19.7 Å². The molecule has 2 aliphatic heterocycles. The van der Waals surface area contributed by atoms with Crippen molar-refractivity contribution in [3.63, 3.8) is 0 Å². The zero-order chi connectivity index (χ0) is 19.9. The van der Waals surface area contributed by atoms with E-state index in [4.69, 9.17) is 0 Å². The van der Waals surface area contributed by atoms with E-state index in [1.165, 1.54) is 6.07 Å². The second kappa shape index (κ2) is 9.52. The van der Waals surface area contributed by atoms with E-state index in [0.29, 0.717) is 31.0 Å². The average molecular weight is 388 g/mol. The first-order valence-electron chi connectivity index (χ1n) is 10.1. The number of piperidine rings is 2. The number of likely N-dealkylation sites (tertiary alicyclic amines) is 2. The third-order valence-electron chi connectivity index (χ3n) is 5.62. The fourth-order valence-corrected chi connectivity index (χ4v) is 3.98. The quantitative estimate of drug-likeness (QED) is 0.572. The Morgan fingerprint density at radius 1 is 1.18 bits per heavy atom.